The van der Waals surface area contributed by atoms with Crippen molar-refractivity contribution in [1.29, 1.82) is 0 Å². The number of allylic oxidation sites excluding steroid dienone is 1. The van der Waals surface area contributed by atoms with Crippen LogP contribution < -0.4 is 0 Å². The van der Waals surface area contributed by atoms with Crippen LogP contribution in [0.2, 0.25) is 0 Å². The van der Waals surface area contributed by atoms with Gasteiger partial charge in [-0.05, 0) is 37.5 Å². The van der Waals surface area contributed by atoms with Gasteiger partial charge in [-0.15, -0.1) is 0 Å². The van der Waals surface area contributed by atoms with Crippen LogP contribution in [-0.2, 0) is 14.3 Å². The highest BCUT2D eigenvalue weighted by atomic mass is 16.6. The summed E-state index contributed by atoms with van der Waals surface area (Å²) in [6.45, 7) is 9.98. The Kier molecular flexibility index (Phi) is 17.3. The normalized spacial score (nSPS) is 17.7. The fourth-order valence-corrected chi connectivity index (χ4v) is 3.83. The van der Waals surface area contributed by atoms with Crippen molar-refractivity contribution < 1.29 is 39.9 Å². The number of aliphatic hydroxyl groups excluding tert-OH is 5. The minimum absolute atomic E-state index is 0.599. The SMILES string of the molecule is C/C(=C\C(=O)OC(=O)[C@H](O)[C@@H](O)[C@H](O)[C@H](O)CO)CCC[C@H](C)CCC[C@H](C)CCCC(C)C. The average Bonchev–Trinajstić information content (AvgIpc) is 2.76. The van der Waals surface area contributed by atoms with Gasteiger partial charge in [-0.3, -0.25) is 0 Å². The van der Waals surface area contributed by atoms with Crippen LogP contribution in [0.4, 0.5) is 0 Å². The van der Waals surface area contributed by atoms with Crippen molar-refractivity contribution >= 4 is 11.9 Å². The zero-order valence-electron chi connectivity index (χ0n) is 21.7. The lowest BCUT2D eigenvalue weighted by Gasteiger charge is -2.24. The molecule has 0 fully saturated rings. The zero-order chi connectivity index (χ0) is 26.3. The first kappa shape index (κ1) is 32.7. The van der Waals surface area contributed by atoms with E-state index in [1.165, 1.54) is 44.6 Å². The Balaban J connectivity index is 4.22. The third kappa shape index (κ3) is 14.8. The van der Waals surface area contributed by atoms with Gasteiger partial charge in [-0.2, -0.15) is 0 Å². The van der Waals surface area contributed by atoms with E-state index in [-0.39, 0.29) is 0 Å². The quantitative estimate of drug-likeness (QED) is 0.113. The predicted octanol–water partition coefficient (Wildman–Crippen LogP) is 2.88. The molecule has 34 heavy (non-hydrogen) atoms. The molecule has 0 aliphatic carbocycles. The minimum atomic E-state index is -2.24. The summed E-state index contributed by atoms with van der Waals surface area (Å²) in [6.07, 6.45) is 3.28. The van der Waals surface area contributed by atoms with Gasteiger partial charge in [0.15, 0.2) is 6.10 Å². The average molecular weight is 489 g/mol. The lowest BCUT2D eigenvalue weighted by Crippen LogP contribution is -2.49. The van der Waals surface area contributed by atoms with Crippen LogP contribution in [0.15, 0.2) is 11.6 Å². The Bertz CT molecular complexity index is 604. The fourth-order valence-electron chi connectivity index (χ4n) is 3.83. The summed E-state index contributed by atoms with van der Waals surface area (Å²) in [7, 11) is 0. The molecule has 0 aromatic rings. The first-order valence-electron chi connectivity index (χ1n) is 12.6. The van der Waals surface area contributed by atoms with Gasteiger partial charge in [-0.1, -0.05) is 78.2 Å². The van der Waals surface area contributed by atoms with Crippen LogP contribution in [0.1, 0.15) is 92.4 Å². The molecule has 0 unspecified atom stereocenters. The van der Waals surface area contributed by atoms with E-state index in [0.29, 0.717) is 12.3 Å². The Morgan fingerprint density at radius 1 is 0.794 bits per heavy atom. The Hall–Kier alpha value is -1.32. The maximum absolute atomic E-state index is 11.9. The first-order valence-corrected chi connectivity index (χ1v) is 12.6. The van der Waals surface area contributed by atoms with E-state index in [1.807, 2.05) is 0 Å². The minimum Gasteiger partial charge on any atom is -0.394 e. The summed E-state index contributed by atoms with van der Waals surface area (Å²) in [5, 5.41) is 46.9. The van der Waals surface area contributed by atoms with Gasteiger partial charge in [0.2, 0.25) is 0 Å². The van der Waals surface area contributed by atoms with Crippen molar-refractivity contribution in [3.63, 3.8) is 0 Å². The third-order valence-electron chi connectivity index (χ3n) is 6.20. The number of carbonyl (C=O) groups excluding carboxylic acids is 2. The zero-order valence-corrected chi connectivity index (χ0v) is 21.7. The fraction of sp³-hybridized carbons (Fsp3) is 0.846. The molecule has 0 rings (SSSR count). The van der Waals surface area contributed by atoms with E-state index >= 15 is 0 Å². The summed E-state index contributed by atoms with van der Waals surface area (Å²) < 4.78 is 4.49. The first-order chi connectivity index (χ1) is 15.9. The van der Waals surface area contributed by atoms with Crippen molar-refractivity contribution in [2.45, 2.75) is 117 Å². The highest BCUT2D eigenvalue weighted by molar-refractivity contribution is 5.94. The molecule has 200 valence electrons. The van der Waals surface area contributed by atoms with Crippen molar-refractivity contribution in [2.24, 2.45) is 17.8 Å². The van der Waals surface area contributed by atoms with Gasteiger partial charge < -0.3 is 30.3 Å². The molecule has 5 N–H and O–H groups in total. The molecule has 0 amide bonds. The molecular formula is C26H48O8. The van der Waals surface area contributed by atoms with E-state index in [1.54, 1.807) is 6.92 Å². The Morgan fingerprint density at radius 2 is 1.29 bits per heavy atom. The van der Waals surface area contributed by atoms with E-state index < -0.39 is 43.0 Å². The second-order valence-corrected chi connectivity index (χ2v) is 10.3. The predicted molar refractivity (Wildman–Crippen MR) is 131 cm³/mol. The number of hydrogen-bond donors (Lipinski definition) is 5. The van der Waals surface area contributed by atoms with Gasteiger partial charge in [0.25, 0.3) is 0 Å². The second kappa shape index (κ2) is 18.0. The molecule has 8 heteroatoms. The molecule has 0 spiro atoms. The largest absolute Gasteiger partial charge is 0.394 e. The highest BCUT2D eigenvalue weighted by Gasteiger charge is 2.35. The summed E-state index contributed by atoms with van der Waals surface area (Å²) in [5.74, 6) is -0.282. The molecule has 0 radical (unpaired) electrons. The van der Waals surface area contributed by atoms with Gasteiger partial charge in [0, 0.05) is 6.08 Å². The molecule has 6 atom stereocenters. The van der Waals surface area contributed by atoms with Crippen molar-refractivity contribution in [2.75, 3.05) is 6.61 Å². The molecule has 0 bridgehead atoms. The second-order valence-electron chi connectivity index (χ2n) is 10.3. The molecule has 0 aromatic heterocycles. The molecule has 0 aliphatic heterocycles. The number of rotatable bonds is 18. The molecule has 0 saturated heterocycles. The number of ether oxygens (including phenoxy) is 1. The van der Waals surface area contributed by atoms with Crippen LogP contribution in [0.3, 0.4) is 0 Å². The molecule has 0 aliphatic rings. The molecule has 0 saturated carbocycles. The monoisotopic (exact) mass is 488 g/mol. The van der Waals surface area contributed by atoms with Crippen molar-refractivity contribution in [3.8, 4) is 0 Å². The molecular weight excluding hydrogens is 440 g/mol. The molecule has 8 nitrogen and oxygen atoms in total. The number of hydrogen-bond acceptors (Lipinski definition) is 8. The third-order valence-corrected chi connectivity index (χ3v) is 6.20. The maximum Gasteiger partial charge on any atom is 0.345 e. The van der Waals surface area contributed by atoms with E-state index in [2.05, 4.69) is 32.4 Å². The summed E-state index contributed by atoms with van der Waals surface area (Å²) in [4.78, 5) is 23.7. The summed E-state index contributed by atoms with van der Waals surface area (Å²) >= 11 is 0. The molecule has 0 aromatic carbocycles. The van der Waals surface area contributed by atoms with Crippen LogP contribution >= 0.6 is 0 Å². The Morgan fingerprint density at radius 3 is 1.79 bits per heavy atom. The van der Waals surface area contributed by atoms with E-state index in [0.717, 1.165) is 30.3 Å². The van der Waals surface area contributed by atoms with Gasteiger partial charge in [0.05, 0.1) is 6.61 Å². The molecule has 0 heterocycles. The van der Waals surface area contributed by atoms with Crippen LogP contribution in [0.25, 0.3) is 0 Å². The number of esters is 2. The van der Waals surface area contributed by atoms with Crippen LogP contribution in [0.5, 0.6) is 0 Å². The van der Waals surface area contributed by atoms with Crippen molar-refractivity contribution in [3.05, 3.63) is 11.6 Å². The number of aliphatic hydroxyl groups is 5. The topological polar surface area (TPSA) is 145 Å². The Labute approximate surface area is 205 Å². The van der Waals surface area contributed by atoms with E-state index in [9.17, 15) is 30.0 Å². The van der Waals surface area contributed by atoms with Gasteiger partial charge >= 0.3 is 11.9 Å². The van der Waals surface area contributed by atoms with Gasteiger partial charge in [-0.25, -0.2) is 9.59 Å². The van der Waals surface area contributed by atoms with Gasteiger partial charge in [0.1, 0.15) is 18.3 Å². The van der Waals surface area contributed by atoms with Crippen molar-refractivity contribution in [1.82, 2.24) is 0 Å². The van der Waals surface area contributed by atoms with Crippen LogP contribution in [-0.4, -0.2) is 68.5 Å². The highest BCUT2D eigenvalue weighted by Crippen LogP contribution is 2.22. The lowest BCUT2D eigenvalue weighted by molar-refractivity contribution is -0.174. The maximum atomic E-state index is 11.9. The van der Waals surface area contributed by atoms with E-state index in [4.69, 9.17) is 5.11 Å². The summed E-state index contributed by atoms with van der Waals surface area (Å²) in [6, 6.07) is 0. The number of carbonyl (C=O) groups is 2. The summed E-state index contributed by atoms with van der Waals surface area (Å²) in [5.41, 5.74) is 0.731. The van der Waals surface area contributed by atoms with Crippen LogP contribution in [0, 0.1) is 17.8 Å². The standard InChI is InChI=1S/C26H48O8/c1-17(2)9-6-10-18(3)11-7-12-19(4)13-8-14-20(5)15-22(29)34-26(33)25(32)24(31)23(30)21(28)16-27/h15,17-19,21,23-25,27-28,30-32H,6-14,16H2,1-5H3/b20-15+/t18-,19-,21-,23-,24+,25-/m1/s1. The lowest BCUT2D eigenvalue weighted by atomic mass is 9.91. The smallest absolute Gasteiger partial charge is 0.345 e.